The largest absolute Gasteiger partial charge is 0.431 e. The fourth-order valence-electron chi connectivity index (χ4n) is 1.30. The van der Waals surface area contributed by atoms with E-state index in [2.05, 4.69) is 20.9 Å². The molecule has 0 saturated carbocycles. The van der Waals surface area contributed by atoms with E-state index < -0.39 is 4.92 Å². The highest BCUT2D eigenvalue weighted by molar-refractivity contribution is 9.10. The molecule has 0 saturated heterocycles. The van der Waals surface area contributed by atoms with Gasteiger partial charge in [0.25, 0.3) is 0 Å². The van der Waals surface area contributed by atoms with Crippen molar-refractivity contribution >= 4 is 44.8 Å². The maximum absolute atomic E-state index is 10.9. The van der Waals surface area contributed by atoms with Gasteiger partial charge in [0, 0.05) is 17.3 Å². The van der Waals surface area contributed by atoms with Crippen LogP contribution in [0, 0.1) is 10.1 Å². The first kappa shape index (κ1) is 14.0. The summed E-state index contributed by atoms with van der Waals surface area (Å²) >= 11 is 14.7. The number of nitro benzene ring substituents is 1. The van der Waals surface area contributed by atoms with E-state index in [0.29, 0.717) is 9.50 Å². The molecule has 0 aliphatic rings. The Morgan fingerprint density at radius 3 is 2.63 bits per heavy atom. The standard InChI is InChI=1S/C11H5BrCl2N2O3/c12-8-3-7(14)5-15-11(8)19-10-2-1-6(13)4-9(10)16(17)18/h1-5H. The van der Waals surface area contributed by atoms with Gasteiger partial charge in [-0.2, -0.15) is 0 Å². The molecule has 0 unspecified atom stereocenters. The zero-order valence-electron chi connectivity index (χ0n) is 9.14. The predicted molar refractivity (Wildman–Crippen MR) is 75.1 cm³/mol. The Morgan fingerprint density at radius 1 is 1.26 bits per heavy atom. The minimum absolute atomic E-state index is 0.0462. The molecule has 0 atom stereocenters. The van der Waals surface area contributed by atoms with Crippen LogP contribution in [0.4, 0.5) is 5.69 Å². The molecule has 0 aliphatic heterocycles. The van der Waals surface area contributed by atoms with Gasteiger partial charge in [-0.05, 0) is 34.1 Å². The third-order valence-corrected chi connectivity index (χ3v) is 3.11. The van der Waals surface area contributed by atoms with Crippen LogP contribution in [0.25, 0.3) is 0 Å². The number of hydrogen-bond acceptors (Lipinski definition) is 4. The van der Waals surface area contributed by atoms with E-state index in [1.54, 1.807) is 6.07 Å². The van der Waals surface area contributed by atoms with Crippen molar-refractivity contribution in [3.63, 3.8) is 0 Å². The average Bonchev–Trinajstić information content (AvgIpc) is 2.34. The Labute approximate surface area is 126 Å². The highest BCUT2D eigenvalue weighted by atomic mass is 79.9. The van der Waals surface area contributed by atoms with E-state index in [9.17, 15) is 10.1 Å². The van der Waals surface area contributed by atoms with Gasteiger partial charge in [0.2, 0.25) is 11.6 Å². The van der Waals surface area contributed by atoms with Crippen LogP contribution in [-0.4, -0.2) is 9.91 Å². The molecule has 0 radical (unpaired) electrons. The molecule has 8 heteroatoms. The smallest absolute Gasteiger partial charge is 0.313 e. The Kier molecular flexibility index (Phi) is 4.24. The van der Waals surface area contributed by atoms with Crippen LogP contribution >= 0.6 is 39.1 Å². The summed E-state index contributed by atoms with van der Waals surface area (Å²) in [7, 11) is 0. The van der Waals surface area contributed by atoms with Gasteiger partial charge in [0.15, 0.2) is 0 Å². The summed E-state index contributed by atoms with van der Waals surface area (Å²) in [4.78, 5) is 14.3. The molecule has 0 bridgehead atoms. The maximum atomic E-state index is 10.9. The lowest BCUT2D eigenvalue weighted by Gasteiger charge is -2.07. The Morgan fingerprint density at radius 2 is 2.00 bits per heavy atom. The molecule has 19 heavy (non-hydrogen) atoms. The molecular formula is C11H5BrCl2N2O3. The Hall–Kier alpha value is -1.37. The Balaban J connectivity index is 2.40. The van der Waals surface area contributed by atoms with Crippen LogP contribution in [0.5, 0.6) is 11.6 Å². The molecule has 0 amide bonds. The number of benzene rings is 1. The van der Waals surface area contributed by atoms with Gasteiger partial charge in [0.1, 0.15) is 0 Å². The summed E-state index contributed by atoms with van der Waals surface area (Å²) < 4.78 is 5.88. The molecule has 0 aliphatic carbocycles. The number of aromatic nitrogens is 1. The summed E-state index contributed by atoms with van der Waals surface area (Å²) in [5, 5.41) is 11.6. The fourth-order valence-corrected chi connectivity index (χ4v) is 2.19. The molecular weight excluding hydrogens is 359 g/mol. The summed E-state index contributed by atoms with van der Waals surface area (Å²) in [6, 6.07) is 5.68. The predicted octanol–water partition coefficient (Wildman–Crippen LogP) is 4.85. The van der Waals surface area contributed by atoms with E-state index in [1.165, 1.54) is 24.4 Å². The van der Waals surface area contributed by atoms with Gasteiger partial charge in [-0.3, -0.25) is 10.1 Å². The highest BCUT2D eigenvalue weighted by Gasteiger charge is 2.18. The van der Waals surface area contributed by atoms with Gasteiger partial charge in [0.05, 0.1) is 14.4 Å². The van der Waals surface area contributed by atoms with Crippen LogP contribution in [-0.2, 0) is 0 Å². The third kappa shape index (κ3) is 3.34. The molecule has 98 valence electrons. The van der Waals surface area contributed by atoms with Crippen molar-refractivity contribution in [3.8, 4) is 11.6 Å². The number of rotatable bonds is 3. The van der Waals surface area contributed by atoms with Gasteiger partial charge < -0.3 is 4.74 Å². The SMILES string of the molecule is O=[N+]([O-])c1cc(Cl)ccc1Oc1ncc(Cl)cc1Br. The summed E-state index contributed by atoms with van der Waals surface area (Å²) in [6.45, 7) is 0. The minimum Gasteiger partial charge on any atom is -0.431 e. The van der Waals surface area contributed by atoms with Crippen molar-refractivity contribution < 1.29 is 9.66 Å². The first-order chi connectivity index (χ1) is 8.97. The first-order valence-corrected chi connectivity index (χ1v) is 6.45. The van der Waals surface area contributed by atoms with E-state index in [-0.39, 0.29) is 22.3 Å². The number of hydrogen-bond donors (Lipinski definition) is 0. The van der Waals surface area contributed by atoms with Crippen LogP contribution in [0.15, 0.2) is 34.9 Å². The Bertz CT molecular complexity index is 652. The number of nitro groups is 1. The van der Waals surface area contributed by atoms with Gasteiger partial charge >= 0.3 is 5.69 Å². The number of nitrogens with zero attached hydrogens (tertiary/aromatic N) is 2. The van der Waals surface area contributed by atoms with Crippen molar-refractivity contribution in [2.75, 3.05) is 0 Å². The third-order valence-electron chi connectivity index (χ3n) is 2.10. The normalized spacial score (nSPS) is 10.3. The van der Waals surface area contributed by atoms with Crippen molar-refractivity contribution in [3.05, 3.63) is 55.1 Å². The summed E-state index contributed by atoms with van der Waals surface area (Å²) in [5.41, 5.74) is -0.240. The molecule has 0 N–H and O–H groups in total. The second-order valence-electron chi connectivity index (χ2n) is 3.41. The van der Waals surface area contributed by atoms with Crippen LogP contribution < -0.4 is 4.74 Å². The molecule has 1 aromatic carbocycles. The molecule has 2 aromatic rings. The zero-order chi connectivity index (χ0) is 14.0. The van der Waals surface area contributed by atoms with E-state index in [4.69, 9.17) is 27.9 Å². The van der Waals surface area contributed by atoms with Gasteiger partial charge in [-0.15, -0.1) is 0 Å². The van der Waals surface area contributed by atoms with Gasteiger partial charge in [-0.25, -0.2) is 4.98 Å². The summed E-state index contributed by atoms with van der Waals surface area (Å²) in [5.74, 6) is 0.222. The second kappa shape index (κ2) is 5.73. The quantitative estimate of drug-likeness (QED) is 0.577. The first-order valence-electron chi connectivity index (χ1n) is 4.90. The van der Waals surface area contributed by atoms with Gasteiger partial charge in [-0.1, -0.05) is 23.2 Å². The lowest BCUT2D eigenvalue weighted by molar-refractivity contribution is -0.385. The van der Waals surface area contributed by atoms with E-state index >= 15 is 0 Å². The van der Waals surface area contributed by atoms with Crippen molar-refractivity contribution in [2.24, 2.45) is 0 Å². The molecule has 2 rings (SSSR count). The van der Waals surface area contributed by atoms with Crippen molar-refractivity contribution in [1.29, 1.82) is 0 Å². The molecule has 5 nitrogen and oxygen atoms in total. The van der Waals surface area contributed by atoms with Crippen LogP contribution in [0.3, 0.4) is 0 Å². The number of pyridine rings is 1. The van der Waals surface area contributed by atoms with Crippen LogP contribution in [0.1, 0.15) is 0 Å². The molecule has 0 spiro atoms. The van der Waals surface area contributed by atoms with Crippen LogP contribution in [0.2, 0.25) is 10.0 Å². The monoisotopic (exact) mass is 362 g/mol. The van der Waals surface area contributed by atoms with Crippen molar-refractivity contribution in [1.82, 2.24) is 4.98 Å². The number of ether oxygens (including phenoxy) is 1. The maximum Gasteiger partial charge on any atom is 0.313 e. The average molecular weight is 364 g/mol. The van der Waals surface area contributed by atoms with E-state index in [0.717, 1.165) is 0 Å². The molecule has 0 fully saturated rings. The van der Waals surface area contributed by atoms with Crippen molar-refractivity contribution in [2.45, 2.75) is 0 Å². The second-order valence-corrected chi connectivity index (χ2v) is 5.14. The summed E-state index contributed by atoms with van der Waals surface area (Å²) in [6.07, 6.45) is 1.38. The topological polar surface area (TPSA) is 65.3 Å². The lowest BCUT2D eigenvalue weighted by atomic mass is 10.3. The number of halogens is 3. The molecule has 1 aromatic heterocycles. The fraction of sp³-hybridized carbons (Fsp3) is 0. The van der Waals surface area contributed by atoms with E-state index in [1.807, 2.05) is 0 Å². The highest BCUT2D eigenvalue weighted by Crippen LogP contribution is 2.35. The lowest BCUT2D eigenvalue weighted by Crippen LogP contribution is -1.95. The molecule has 1 heterocycles. The zero-order valence-corrected chi connectivity index (χ0v) is 12.2. The minimum atomic E-state index is -0.578.